The Labute approximate surface area is 141 Å². The molecule has 0 aliphatic rings. The van der Waals surface area contributed by atoms with Gasteiger partial charge in [0.15, 0.2) is 0 Å². The third-order valence-electron chi connectivity index (χ3n) is 5.26. The molecule has 0 saturated carbocycles. The predicted octanol–water partition coefficient (Wildman–Crippen LogP) is 3.03. The molecule has 0 aromatic carbocycles. The minimum Gasteiger partial charge on any atom is -0.396 e. The van der Waals surface area contributed by atoms with Gasteiger partial charge < -0.3 is 10.4 Å². The Balaban J connectivity index is 2.54. The molecule has 0 radical (unpaired) electrons. The molecule has 0 bridgehead atoms. The zero-order chi connectivity index (χ0) is 17.3. The minimum absolute atomic E-state index is 0.128. The van der Waals surface area contributed by atoms with E-state index in [9.17, 15) is 5.11 Å². The number of nitrogens with zero attached hydrogens (tertiary/aromatic N) is 3. The lowest BCUT2D eigenvalue weighted by molar-refractivity contribution is 0.139. The fourth-order valence-electron chi connectivity index (χ4n) is 3.25. The molecule has 5 heteroatoms. The fourth-order valence-corrected chi connectivity index (χ4v) is 3.25. The summed E-state index contributed by atoms with van der Waals surface area (Å²) >= 11 is 0. The van der Waals surface area contributed by atoms with E-state index in [-0.39, 0.29) is 12.0 Å². The normalized spacial score (nSPS) is 13.7. The summed E-state index contributed by atoms with van der Waals surface area (Å²) in [5.74, 6) is 0.656. The monoisotopic (exact) mass is 324 g/mol. The molecule has 1 rings (SSSR count). The van der Waals surface area contributed by atoms with Crippen LogP contribution in [-0.2, 0) is 13.0 Å². The van der Waals surface area contributed by atoms with Gasteiger partial charge in [-0.3, -0.25) is 4.68 Å². The molecular weight excluding hydrogens is 288 g/mol. The molecule has 1 unspecified atom stereocenters. The average molecular weight is 325 g/mol. The van der Waals surface area contributed by atoms with Gasteiger partial charge in [-0.15, -0.1) is 5.10 Å². The number of hydrogen-bond donors (Lipinski definition) is 2. The van der Waals surface area contributed by atoms with Crippen molar-refractivity contribution in [2.75, 3.05) is 13.2 Å². The lowest BCUT2D eigenvalue weighted by Crippen LogP contribution is -2.34. The van der Waals surface area contributed by atoms with E-state index < -0.39 is 0 Å². The Morgan fingerprint density at radius 2 is 1.96 bits per heavy atom. The molecular formula is C18H36N4O. The Kier molecular flexibility index (Phi) is 8.77. The van der Waals surface area contributed by atoms with Gasteiger partial charge in [-0.2, -0.15) is 0 Å². The van der Waals surface area contributed by atoms with Crippen LogP contribution in [0.25, 0.3) is 0 Å². The molecule has 23 heavy (non-hydrogen) atoms. The van der Waals surface area contributed by atoms with Crippen LogP contribution in [0.5, 0.6) is 0 Å². The van der Waals surface area contributed by atoms with Gasteiger partial charge in [-0.05, 0) is 37.0 Å². The first-order valence-corrected chi connectivity index (χ1v) is 9.23. The highest BCUT2D eigenvalue weighted by Crippen LogP contribution is 2.32. The molecule has 1 aromatic heterocycles. The van der Waals surface area contributed by atoms with Crippen molar-refractivity contribution in [2.24, 2.45) is 11.3 Å². The van der Waals surface area contributed by atoms with Crippen molar-refractivity contribution in [1.29, 1.82) is 0 Å². The van der Waals surface area contributed by atoms with Crippen LogP contribution in [-0.4, -0.2) is 39.3 Å². The van der Waals surface area contributed by atoms with Crippen LogP contribution in [0.3, 0.4) is 0 Å². The van der Waals surface area contributed by atoms with E-state index in [1.165, 1.54) is 0 Å². The fraction of sp³-hybridized carbons (Fsp3) is 0.889. The van der Waals surface area contributed by atoms with Crippen LogP contribution in [0.2, 0.25) is 0 Å². The summed E-state index contributed by atoms with van der Waals surface area (Å²) in [6.45, 7) is 13.1. The molecule has 0 amide bonds. The highest BCUT2D eigenvalue weighted by Gasteiger charge is 2.26. The van der Waals surface area contributed by atoms with Gasteiger partial charge in [0.1, 0.15) is 0 Å². The molecule has 1 heterocycles. The van der Waals surface area contributed by atoms with Crippen molar-refractivity contribution in [3.8, 4) is 0 Å². The van der Waals surface area contributed by atoms with E-state index in [0.29, 0.717) is 12.0 Å². The minimum atomic E-state index is 0.128. The van der Waals surface area contributed by atoms with Crippen molar-refractivity contribution in [3.05, 3.63) is 11.9 Å². The molecule has 134 valence electrons. The molecule has 5 nitrogen and oxygen atoms in total. The first-order valence-electron chi connectivity index (χ1n) is 9.23. The summed E-state index contributed by atoms with van der Waals surface area (Å²) in [6, 6.07) is 0.572. The molecule has 0 spiro atoms. The van der Waals surface area contributed by atoms with Crippen LogP contribution in [0.15, 0.2) is 6.20 Å². The average Bonchev–Trinajstić information content (AvgIpc) is 2.98. The van der Waals surface area contributed by atoms with Crippen LogP contribution < -0.4 is 5.32 Å². The maximum Gasteiger partial charge on any atom is 0.0839 e. The van der Waals surface area contributed by atoms with E-state index in [4.69, 9.17) is 0 Å². The van der Waals surface area contributed by atoms with E-state index >= 15 is 0 Å². The molecule has 0 aliphatic heterocycles. The van der Waals surface area contributed by atoms with Gasteiger partial charge in [-0.25, -0.2) is 0 Å². The number of nitrogens with one attached hydrogen (secondary N) is 1. The number of aliphatic hydroxyl groups excluding tert-OH is 1. The number of hydrogen-bond acceptors (Lipinski definition) is 4. The van der Waals surface area contributed by atoms with Crippen LogP contribution in [0.1, 0.15) is 66.0 Å². The van der Waals surface area contributed by atoms with Gasteiger partial charge in [0.25, 0.3) is 0 Å². The Bertz CT molecular complexity index is 426. The van der Waals surface area contributed by atoms with Crippen molar-refractivity contribution in [2.45, 2.75) is 79.3 Å². The van der Waals surface area contributed by atoms with Crippen molar-refractivity contribution >= 4 is 0 Å². The van der Waals surface area contributed by atoms with Gasteiger partial charge in [-0.1, -0.05) is 39.8 Å². The largest absolute Gasteiger partial charge is 0.396 e. The first-order chi connectivity index (χ1) is 11.0. The number of aliphatic hydroxyl groups is 1. The summed E-state index contributed by atoms with van der Waals surface area (Å²) in [6.07, 6.45) is 7.05. The number of aromatic nitrogens is 3. The van der Waals surface area contributed by atoms with Gasteiger partial charge in [0.2, 0.25) is 0 Å². The molecule has 2 N–H and O–H groups in total. The summed E-state index contributed by atoms with van der Waals surface area (Å²) in [5.41, 5.74) is 1.17. The summed E-state index contributed by atoms with van der Waals surface area (Å²) in [4.78, 5) is 0. The van der Waals surface area contributed by atoms with Crippen LogP contribution in [0.4, 0.5) is 0 Å². The van der Waals surface area contributed by atoms with Crippen molar-refractivity contribution < 1.29 is 5.11 Å². The second kappa shape index (κ2) is 10.0. The van der Waals surface area contributed by atoms with Crippen LogP contribution >= 0.6 is 0 Å². The van der Waals surface area contributed by atoms with E-state index in [0.717, 1.165) is 50.9 Å². The highest BCUT2D eigenvalue weighted by molar-refractivity contribution is 4.94. The molecule has 1 atom stereocenters. The smallest absolute Gasteiger partial charge is 0.0839 e. The standard InChI is InChI=1S/C18H36N4O/c1-6-17(15(4)5)19-11-9-16-13-22(21-20-16)14-18(7-2,8-3)10-12-23/h13,15,17,19,23H,6-12,14H2,1-5H3. The predicted molar refractivity (Wildman–Crippen MR) is 95.4 cm³/mol. The first kappa shape index (κ1) is 20.1. The Morgan fingerprint density at radius 1 is 1.26 bits per heavy atom. The maximum atomic E-state index is 9.33. The second-order valence-corrected chi connectivity index (χ2v) is 7.05. The number of rotatable bonds is 12. The zero-order valence-corrected chi connectivity index (χ0v) is 15.7. The summed E-state index contributed by atoms with van der Waals surface area (Å²) in [7, 11) is 0. The van der Waals surface area contributed by atoms with E-state index in [1.807, 2.05) is 4.68 Å². The van der Waals surface area contributed by atoms with Gasteiger partial charge in [0, 0.05) is 38.4 Å². The lowest BCUT2D eigenvalue weighted by atomic mass is 9.79. The quantitative estimate of drug-likeness (QED) is 0.620. The summed E-state index contributed by atoms with van der Waals surface area (Å²) in [5, 5.41) is 21.5. The molecule has 0 fully saturated rings. The molecule has 0 saturated heterocycles. The van der Waals surface area contributed by atoms with E-state index in [1.54, 1.807) is 0 Å². The van der Waals surface area contributed by atoms with Gasteiger partial charge >= 0.3 is 0 Å². The van der Waals surface area contributed by atoms with Crippen molar-refractivity contribution in [3.63, 3.8) is 0 Å². The Morgan fingerprint density at radius 3 is 2.48 bits per heavy atom. The highest BCUT2D eigenvalue weighted by atomic mass is 16.3. The third-order valence-corrected chi connectivity index (χ3v) is 5.26. The maximum absolute atomic E-state index is 9.33. The topological polar surface area (TPSA) is 63.0 Å². The van der Waals surface area contributed by atoms with Crippen LogP contribution in [0, 0.1) is 11.3 Å². The molecule has 1 aromatic rings. The van der Waals surface area contributed by atoms with Gasteiger partial charge in [0.05, 0.1) is 5.69 Å². The zero-order valence-electron chi connectivity index (χ0n) is 15.7. The summed E-state index contributed by atoms with van der Waals surface area (Å²) < 4.78 is 1.96. The van der Waals surface area contributed by atoms with Crippen molar-refractivity contribution in [1.82, 2.24) is 20.3 Å². The molecule has 0 aliphatic carbocycles. The lowest BCUT2D eigenvalue weighted by Gasteiger charge is -2.30. The SMILES string of the molecule is CCC(NCCc1cn(CC(CC)(CC)CCO)nn1)C(C)C. The second-order valence-electron chi connectivity index (χ2n) is 7.05. The van der Waals surface area contributed by atoms with E-state index in [2.05, 4.69) is 56.4 Å². The third kappa shape index (κ3) is 6.22. The Hall–Kier alpha value is -0.940.